The van der Waals surface area contributed by atoms with E-state index in [1.807, 2.05) is 49.4 Å². The molecule has 128 valence electrons. The number of hydrogen-bond acceptors (Lipinski definition) is 5. The fourth-order valence-electron chi connectivity index (χ4n) is 2.20. The number of rotatable bonds is 6. The van der Waals surface area contributed by atoms with Crippen molar-refractivity contribution in [1.82, 2.24) is 15.0 Å². The molecule has 2 aromatic carbocycles. The van der Waals surface area contributed by atoms with Crippen molar-refractivity contribution in [2.75, 3.05) is 13.7 Å². The molecule has 1 heterocycles. The van der Waals surface area contributed by atoms with E-state index in [4.69, 9.17) is 9.26 Å². The van der Waals surface area contributed by atoms with E-state index in [0.29, 0.717) is 17.5 Å². The van der Waals surface area contributed by atoms with Gasteiger partial charge >= 0.3 is 0 Å². The minimum Gasteiger partial charge on any atom is -0.484 e. The van der Waals surface area contributed by atoms with Crippen LogP contribution in [-0.2, 0) is 11.3 Å². The van der Waals surface area contributed by atoms with Crippen molar-refractivity contribution in [3.8, 4) is 17.1 Å². The molecule has 6 nitrogen and oxygen atoms in total. The van der Waals surface area contributed by atoms with Crippen LogP contribution in [0.25, 0.3) is 11.4 Å². The molecule has 0 bridgehead atoms. The lowest BCUT2D eigenvalue weighted by molar-refractivity contribution is -0.132. The fraction of sp³-hybridized carbons (Fsp3) is 0.211. The van der Waals surface area contributed by atoms with Crippen molar-refractivity contribution < 1.29 is 14.1 Å². The average Bonchev–Trinajstić information content (AvgIpc) is 3.09. The molecule has 0 radical (unpaired) electrons. The van der Waals surface area contributed by atoms with Crippen LogP contribution in [0.15, 0.2) is 59.1 Å². The highest BCUT2D eigenvalue weighted by molar-refractivity contribution is 5.77. The SMILES string of the molecule is Cc1ccc(-c2noc(CN(C)C(=O)COc3ccccc3)n2)cc1. The third kappa shape index (κ3) is 4.44. The number of para-hydroxylation sites is 1. The maximum atomic E-state index is 12.1. The number of carbonyl (C=O) groups is 1. The molecule has 0 saturated heterocycles. The van der Waals surface area contributed by atoms with E-state index in [1.54, 1.807) is 19.2 Å². The van der Waals surface area contributed by atoms with E-state index in [2.05, 4.69) is 10.1 Å². The number of benzene rings is 2. The molecular weight excluding hydrogens is 318 g/mol. The van der Waals surface area contributed by atoms with Gasteiger partial charge in [-0.15, -0.1) is 0 Å². The van der Waals surface area contributed by atoms with Crippen molar-refractivity contribution in [2.45, 2.75) is 13.5 Å². The molecule has 0 fully saturated rings. The van der Waals surface area contributed by atoms with E-state index in [1.165, 1.54) is 4.90 Å². The first-order chi connectivity index (χ1) is 12.1. The summed E-state index contributed by atoms with van der Waals surface area (Å²) >= 11 is 0. The lowest BCUT2D eigenvalue weighted by Gasteiger charge is -2.15. The van der Waals surface area contributed by atoms with Crippen LogP contribution in [0.5, 0.6) is 5.75 Å². The number of hydrogen-bond donors (Lipinski definition) is 0. The van der Waals surface area contributed by atoms with Crippen molar-refractivity contribution in [3.05, 3.63) is 66.1 Å². The zero-order valence-electron chi connectivity index (χ0n) is 14.2. The summed E-state index contributed by atoms with van der Waals surface area (Å²) in [6.45, 7) is 2.21. The molecule has 0 spiro atoms. The standard InChI is InChI=1S/C19H19N3O3/c1-14-8-10-15(11-9-14)19-20-17(25-21-19)12-22(2)18(23)13-24-16-6-4-3-5-7-16/h3-11H,12-13H2,1-2H3. The Morgan fingerprint density at radius 1 is 1.12 bits per heavy atom. The third-order valence-electron chi connectivity index (χ3n) is 3.68. The predicted octanol–water partition coefficient (Wildman–Crippen LogP) is 3.08. The molecule has 0 unspecified atom stereocenters. The zero-order chi connectivity index (χ0) is 17.6. The minimum atomic E-state index is -0.168. The quantitative estimate of drug-likeness (QED) is 0.691. The molecule has 6 heteroatoms. The normalized spacial score (nSPS) is 10.5. The van der Waals surface area contributed by atoms with Gasteiger partial charge in [-0.1, -0.05) is 53.2 Å². The molecule has 3 aromatic rings. The highest BCUT2D eigenvalue weighted by Gasteiger charge is 2.15. The van der Waals surface area contributed by atoms with Gasteiger partial charge in [-0.3, -0.25) is 4.79 Å². The van der Waals surface area contributed by atoms with Gasteiger partial charge in [-0.2, -0.15) is 4.98 Å². The number of ether oxygens (including phenoxy) is 1. The second-order valence-corrected chi connectivity index (χ2v) is 5.73. The number of carbonyl (C=O) groups excluding carboxylic acids is 1. The highest BCUT2D eigenvalue weighted by atomic mass is 16.5. The molecule has 0 aliphatic heterocycles. The molecule has 3 rings (SSSR count). The Labute approximate surface area is 146 Å². The van der Waals surface area contributed by atoms with Crippen LogP contribution in [0.4, 0.5) is 0 Å². The van der Waals surface area contributed by atoms with Crippen molar-refractivity contribution in [1.29, 1.82) is 0 Å². The van der Waals surface area contributed by atoms with Crippen LogP contribution < -0.4 is 4.74 Å². The number of aromatic nitrogens is 2. The van der Waals surface area contributed by atoms with Gasteiger partial charge < -0.3 is 14.2 Å². The first-order valence-corrected chi connectivity index (χ1v) is 7.93. The molecule has 0 atom stereocenters. The van der Waals surface area contributed by atoms with E-state index in [0.717, 1.165) is 11.1 Å². The van der Waals surface area contributed by atoms with Gasteiger partial charge in [-0.05, 0) is 19.1 Å². The Bertz CT molecular complexity index is 829. The van der Waals surface area contributed by atoms with Crippen LogP contribution in [-0.4, -0.2) is 34.6 Å². The molecule has 1 amide bonds. The van der Waals surface area contributed by atoms with Crippen molar-refractivity contribution in [3.63, 3.8) is 0 Å². The monoisotopic (exact) mass is 337 g/mol. The summed E-state index contributed by atoms with van der Waals surface area (Å²) in [5, 5.41) is 3.97. The molecular formula is C19H19N3O3. The number of likely N-dealkylation sites (N-methyl/N-ethyl adjacent to an activating group) is 1. The lowest BCUT2D eigenvalue weighted by Crippen LogP contribution is -2.31. The average molecular weight is 337 g/mol. The topological polar surface area (TPSA) is 68.5 Å². The second-order valence-electron chi connectivity index (χ2n) is 5.73. The molecule has 1 aromatic heterocycles. The Hall–Kier alpha value is -3.15. The van der Waals surface area contributed by atoms with Gasteiger partial charge in [0.05, 0.1) is 6.54 Å². The maximum absolute atomic E-state index is 12.1. The van der Waals surface area contributed by atoms with Crippen LogP contribution in [0, 0.1) is 6.92 Å². The maximum Gasteiger partial charge on any atom is 0.260 e. The van der Waals surface area contributed by atoms with Gasteiger partial charge in [0.1, 0.15) is 5.75 Å². The van der Waals surface area contributed by atoms with Gasteiger partial charge in [0.15, 0.2) is 6.61 Å². The Kier molecular flexibility index (Phi) is 5.09. The summed E-state index contributed by atoms with van der Waals surface area (Å²) in [6, 6.07) is 17.1. The van der Waals surface area contributed by atoms with Crippen LogP contribution in [0.2, 0.25) is 0 Å². The number of amides is 1. The largest absolute Gasteiger partial charge is 0.484 e. The van der Waals surface area contributed by atoms with Gasteiger partial charge in [0.2, 0.25) is 11.7 Å². The molecule has 0 saturated carbocycles. The molecule has 0 aliphatic carbocycles. The molecule has 0 N–H and O–H groups in total. The van der Waals surface area contributed by atoms with E-state index >= 15 is 0 Å². The van der Waals surface area contributed by atoms with Crippen LogP contribution in [0.1, 0.15) is 11.5 Å². The first-order valence-electron chi connectivity index (χ1n) is 7.93. The summed E-state index contributed by atoms with van der Waals surface area (Å²) < 4.78 is 10.7. The minimum absolute atomic E-state index is 0.0422. The van der Waals surface area contributed by atoms with Crippen LogP contribution in [0.3, 0.4) is 0 Å². The molecule has 25 heavy (non-hydrogen) atoms. The van der Waals surface area contributed by atoms with Gasteiger partial charge in [-0.25, -0.2) is 0 Å². The van der Waals surface area contributed by atoms with Crippen molar-refractivity contribution in [2.24, 2.45) is 0 Å². The third-order valence-corrected chi connectivity index (χ3v) is 3.68. The Morgan fingerprint density at radius 2 is 1.84 bits per heavy atom. The number of nitrogens with zero attached hydrogens (tertiary/aromatic N) is 3. The summed E-state index contributed by atoms with van der Waals surface area (Å²) in [5.41, 5.74) is 2.04. The first kappa shape index (κ1) is 16.7. The summed E-state index contributed by atoms with van der Waals surface area (Å²) in [6.07, 6.45) is 0. The summed E-state index contributed by atoms with van der Waals surface area (Å²) in [5.74, 6) is 1.38. The number of aryl methyl sites for hydroxylation is 1. The van der Waals surface area contributed by atoms with Gasteiger partial charge in [0, 0.05) is 12.6 Å². The lowest BCUT2D eigenvalue weighted by atomic mass is 10.1. The Morgan fingerprint density at radius 3 is 2.56 bits per heavy atom. The highest BCUT2D eigenvalue weighted by Crippen LogP contribution is 2.17. The zero-order valence-corrected chi connectivity index (χ0v) is 14.2. The predicted molar refractivity (Wildman–Crippen MR) is 92.9 cm³/mol. The smallest absolute Gasteiger partial charge is 0.260 e. The van der Waals surface area contributed by atoms with E-state index in [9.17, 15) is 4.79 Å². The summed E-state index contributed by atoms with van der Waals surface area (Å²) in [4.78, 5) is 18.0. The molecule has 0 aliphatic rings. The van der Waals surface area contributed by atoms with E-state index < -0.39 is 0 Å². The second kappa shape index (κ2) is 7.61. The Balaban J connectivity index is 1.56. The summed E-state index contributed by atoms with van der Waals surface area (Å²) in [7, 11) is 1.67. The van der Waals surface area contributed by atoms with Gasteiger partial charge in [0.25, 0.3) is 5.91 Å². The fourth-order valence-corrected chi connectivity index (χ4v) is 2.20. The van der Waals surface area contributed by atoms with Crippen LogP contribution >= 0.6 is 0 Å². The van der Waals surface area contributed by atoms with E-state index in [-0.39, 0.29) is 19.1 Å². The van der Waals surface area contributed by atoms with Crippen molar-refractivity contribution >= 4 is 5.91 Å².